The Morgan fingerprint density at radius 2 is 2.27 bits per heavy atom. The van der Waals surface area contributed by atoms with Gasteiger partial charge in [-0.1, -0.05) is 6.07 Å². The van der Waals surface area contributed by atoms with Gasteiger partial charge in [0, 0.05) is 6.20 Å². The van der Waals surface area contributed by atoms with E-state index in [1.165, 1.54) is 17.2 Å². The maximum Gasteiger partial charge on any atom is 0.223 e. The fraction of sp³-hybridized carbons (Fsp3) is 0.364. The lowest BCUT2D eigenvalue weighted by Crippen LogP contribution is -1.92. The minimum atomic E-state index is -0.449. The molecule has 2 aromatic rings. The van der Waals surface area contributed by atoms with Gasteiger partial charge in [-0.25, -0.2) is 4.98 Å². The number of pyridine rings is 1. The van der Waals surface area contributed by atoms with E-state index in [4.69, 9.17) is 5.11 Å². The second-order valence-electron chi connectivity index (χ2n) is 3.97. The van der Waals surface area contributed by atoms with E-state index in [-0.39, 0.29) is 12.3 Å². The molecule has 1 N–H and O–H groups in total. The summed E-state index contributed by atoms with van der Waals surface area (Å²) in [5.74, 6) is 0.142. The van der Waals surface area contributed by atoms with Crippen molar-refractivity contribution in [3.8, 4) is 0 Å². The molecule has 0 unspecified atom stereocenters. The molecule has 0 amide bonds. The third kappa shape index (κ3) is 1.33. The summed E-state index contributed by atoms with van der Waals surface area (Å²) >= 11 is 0. The first-order valence-electron chi connectivity index (χ1n) is 5.07. The van der Waals surface area contributed by atoms with Crippen LogP contribution < -0.4 is 0 Å². The zero-order valence-electron chi connectivity index (χ0n) is 8.15. The highest BCUT2D eigenvalue weighted by Crippen LogP contribution is 2.39. The molecule has 1 saturated carbocycles. The highest BCUT2D eigenvalue weighted by molar-refractivity contribution is 5.43. The molecule has 15 heavy (non-hydrogen) atoms. The van der Waals surface area contributed by atoms with E-state index < -0.39 is 5.95 Å². The van der Waals surface area contributed by atoms with Gasteiger partial charge in [-0.3, -0.25) is 4.40 Å². The van der Waals surface area contributed by atoms with Crippen molar-refractivity contribution in [2.24, 2.45) is 0 Å². The smallest absolute Gasteiger partial charge is 0.223 e. The van der Waals surface area contributed by atoms with Crippen LogP contribution >= 0.6 is 0 Å². The summed E-state index contributed by atoms with van der Waals surface area (Å²) < 4.78 is 15.0. The monoisotopic (exact) mass is 206 g/mol. The molecule has 0 bridgehead atoms. The summed E-state index contributed by atoms with van der Waals surface area (Å²) in [7, 11) is 0. The highest BCUT2D eigenvalue weighted by atomic mass is 19.1. The molecule has 4 heteroatoms. The van der Waals surface area contributed by atoms with Crippen molar-refractivity contribution in [2.45, 2.75) is 25.4 Å². The fourth-order valence-corrected chi connectivity index (χ4v) is 1.84. The Kier molecular flexibility index (Phi) is 1.79. The first-order chi connectivity index (χ1) is 7.29. The quantitative estimate of drug-likeness (QED) is 0.814. The van der Waals surface area contributed by atoms with Crippen LogP contribution in [0.2, 0.25) is 0 Å². The van der Waals surface area contributed by atoms with Gasteiger partial charge in [0.05, 0.1) is 6.61 Å². The summed E-state index contributed by atoms with van der Waals surface area (Å²) in [5.41, 5.74) is 1.83. The lowest BCUT2D eigenvalue weighted by atomic mass is 10.2. The average molecular weight is 206 g/mol. The van der Waals surface area contributed by atoms with Gasteiger partial charge in [0.25, 0.3) is 0 Å². The molecule has 1 aliphatic rings. The molecule has 0 radical (unpaired) electrons. The lowest BCUT2D eigenvalue weighted by Gasteiger charge is -1.99. The number of imidazole rings is 1. The normalized spacial score (nSPS) is 16.1. The summed E-state index contributed by atoms with van der Waals surface area (Å²) in [6.45, 7) is -0.355. The molecule has 1 fully saturated rings. The molecule has 2 aromatic heterocycles. The van der Waals surface area contributed by atoms with Crippen LogP contribution in [0.4, 0.5) is 4.39 Å². The Balaban J connectivity index is 2.19. The summed E-state index contributed by atoms with van der Waals surface area (Å²) in [4.78, 5) is 3.99. The number of halogens is 1. The van der Waals surface area contributed by atoms with Crippen LogP contribution in [0, 0.1) is 5.95 Å². The maximum atomic E-state index is 13.6. The summed E-state index contributed by atoms with van der Waals surface area (Å²) in [6, 6.07) is 3.79. The minimum absolute atomic E-state index is 0.114. The Bertz CT molecular complexity index is 517. The van der Waals surface area contributed by atoms with Crippen molar-refractivity contribution in [1.82, 2.24) is 9.38 Å². The molecule has 78 valence electrons. The molecule has 1 aliphatic carbocycles. The van der Waals surface area contributed by atoms with Crippen molar-refractivity contribution in [3.63, 3.8) is 0 Å². The summed E-state index contributed by atoms with van der Waals surface area (Å²) in [5, 5.41) is 8.89. The second-order valence-corrected chi connectivity index (χ2v) is 3.97. The van der Waals surface area contributed by atoms with Gasteiger partial charge < -0.3 is 5.11 Å². The second kappa shape index (κ2) is 3.03. The van der Waals surface area contributed by atoms with Crippen molar-refractivity contribution in [3.05, 3.63) is 35.5 Å². The van der Waals surface area contributed by atoms with Crippen LogP contribution in [0.5, 0.6) is 0 Å². The van der Waals surface area contributed by atoms with Gasteiger partial charge in [0.15, 0.2) is 0 Å². The standard InChI is InChI=1S/C11H11FN2O/c12-11-9(6-15)13-10-4-3-8(5-14(10)11)7-1-2-7/h3-5,7,15H,1-2,6H2. The van der Waals surface area contributed by atoms with Crippen molar-refractivity contribution >= 4 is 5.65 Å². The topological polar surface area (TPSA) is 37.5 Å². The maximum absolute atomic E-state index is 13.6. The van der Waals surface area contributed by atoms with E-state index in [1.54, 1.807) is 12.3 Å². The molecule has 3 rings (SSSR count). The molecular weight excluding hydrogens is 195 g/mol. The Labute approximate surface area is 86.2 Å². The first-order valence-corrected chi connectivity index (χ1v) is 5.07. The lowest BCUT2D eigenvalue weighted by molar-refractivity contribution is 0.270. The van der Waals surface area contributed by atoms with E-state index in [0.717, 1.165) is 5.56 Å². The minimum Gasteiger partial charge on any atom is -0.390 e. The van der Waals surface area contributed by atoms with Gasteiger partial charge in [0.2, 0.25) is 5.95 Å². The SMILES string of the molecule is OCc1nc2ccc(C3CC3)cn2c1F. The number of aromatic nitrogens is 2. The van der Waals surface area contributed by atoms with Crippen LogP contribution in [0.3, 0.4) is 0 Å². The number of aliphatic hydroxyl groups excluding tert-OH is 1. The average Bonchev–Trinajstić information content (AvgIpc) is 3.05. The van der Waals surface area contributed by atoms with Gasteiger partial charge in [-0.05, 0) is 30.4 Å². The molecule has 3 nitrogen and oxygen atoms in total. The van der Waals surface area contributed by atoms with E-state index in [1.807, 2.05) is 6.07 Å². The molecule has 0 saturated heterocycles. The third-order valence-corrected chi connectivity index (χ3v) is 2.85. The number of nitrogens with zero attached hydrogens (tertiary/aromatic N) is 2. The van der Waals surface area contributed by atoms with Gasteiger partial charge in [-0.15, -0.1) is 0 Å². The molecule has 0 aliphatic heterocycles. The Hall–Kier alpha value is -1.42. The van der Waals surface area contributed by atoms with Gasteiger partial charge >= 0.3 is 0 Å². The van der Waals surface area contributed by atoms with Crippen molar-refractivity contribution in [1.29, 1.82) is 0 Å². The Morgan fingerprint density at radius 1 is 1.47 bits per heavy atom. The number of rotatable bonds is 2. The van der Waals surface area contributed by atoms with Crippen molar-refractivity contribution < 1.29 is 9.50 Å². The van der Waals surface area contributed by atoms with Crippen LogP contribution in [-0.2, 0) is 6.61 Å². The largest absolute Gasteiger partial charge is 0.390 e. The van der Waals surface area contributed by atoms with E-state index >= 15 is 0 Å². The zero-order chi connectivity index (χ0) is 10.4. The van der Waals surface area contributed by atoms with E-state index in [9.17, 15) is 4.39 Å². The van der Waals surface area contributed by atoms with Crippen LogP contribution in [0.15, 0.2) is 18.3 Å². The molecule has 0 aromatic carbocycles. The van der Waals surface area contributed by atoms with E-state index in [2.05, 4.69) is 4.98 Å². The number of hydrogen-bond acceptors (Lipinski definition) is 2. The number of aliphatic hydroxyl groups is 1. The predicted molar refractivity (Wildman–Crippen MR) is 53.0 cm³/mol. The van der Waals surface area contributed by atoms with Crippen LogP contribution in [0.1, 0.15) is 30.0 Å². The highest BCUT2D eigenvalue weighted by Gasteiger charge is 2.24. The van der Waals surface area contributed by atoms with Gasteiger partial charge in [0.1, 0.15) is 11.3 Å². The predicted octanol–water partition coefficient (Wildman–Crippen LogP) is 1.84. The van der Waals surface area contributed by atoms with Crippen LogP contribution in [-0.4, -0.2) is 14.5 Å². The summed E-state index contributed by atoms with van der Waals surface area (Å²) in [6.07, 6.45) is 4.16. The molecule has 0 atom stereocenters. The Morgan fingerprint density at radius 3 is 2.93 bits per heavy atom. The number of hydrogen-bond donors (Lipinski definition) is 1. The van der Waals surface area contributed by atoms with Gasteiger partial charge in [-0.2, -0.15) is 4.39 Å². The zero-order valence-corrected chi connectivity index (χ0v) is 8.15. The molecule has 2 heterocycles. The van der Waals surface area contributed by atoms with Crippen LogP contribution in [0.25, 0.3) is 5.65 Å². The molecule has 0 spiro atoms. The van der Waals surface area contributed by atoms with Crippen molar-refractivity contribution in [2.75, 3.05) is 0 Å². The third-order valence-electron chi connectivity index (χ3n) is 2.85. The first kappa shape index (κ1) is 8.85. The fourth-order valence-electron chi connectivity index (χ4n) is 1.84. The molecular formula is C11H11FN2O. The number of fused-ring (bicyclic) bond motifs is 1. The van der Waals surface area contributed by atoms with E-state index in [0.29, 0.717) is 11.6 Å².